The quantitative estimate of drug-likeness (QED) is 0.718. The van der Waals surface area contributed by atoms with Crippen LogP contribution in [0.3, 0.4) is 0 Å². The summed E-state index contributed by atoms with van der Waals surface area (Å²) in [6.45, 7) is 2.27. The standard InChI is InChI=1S/C21H25F3N2O5/c1-29-19-6-13(2-3-17(19)21(22,23)24)11-30-16-9-26(10-16)20(28)25-5-4-18-14(8-25)7-15(27)12-31-18/h2-3,6,14,16,18H,4-5,7-12H2,1H3/t14-,18+/m1/s1. The van der Waals surface area contributed by atoms with Gasteiger partial charge in [0.2, 0.25) is 0 Å². The summed E-state index contributed by atoms with van der Waals surface area (Å²) >= 11 is 0. The number of nitrogens with zero attached hydrogens (tertiary/aromatic N) is 2. The van der Waals surface area contributed by atoms with Crippen LogP contribution in [0.25, 0.3) is 0 Å². The second kappa shape index (κ2) is 8.66. The Balaban J connectivity index is 1.24. The number of carbonyl (C=O) groups is 2. The van der Waals surface area contributed by atoms with E-state index in [1.807, 2.05) is 0 Å². The second-order valence-electron chi connectivity index (χ2n) is 8.24. The van der Waals surface area contributed by atoms with Gasteiger partial charge in [-0.1, -0.05) is 6.07 Å². The van der Waals surface area contributed by atoms with E-state index in [9.17, 15) is 22.8 Å². The van der Waals surface area contributed by atoms with Gasteiger partial charge in [-0.15, -0.1) is 0 Å². The van der Waals surface area contributed by atoms with Crippen molar-refractivity contribution in [1.29, 1.82) is 0 Å². The molecule has 0 aliphatic carbocycles. The third kappa shape index (κ3) is 4.79. The molecule has 0 saturated carbocycles. The van der Waals surface area contributed by atoms with Crippen LogP contribution in [0.15, 0.2) is 18.2 Å². The number of ether oxygens (including phenoxy) is 3. The highest BCUT2D eigenvalue weighted by Gasteiger charge is 2.40. The fourth-order valence-electron chi connectivity index (χ4n) is 4.32. The first-order valence-electron chi connectivity index (χ1n) is 10.3. The van der Waals surface area contributed by atoms with Crippen LogP contribution < -0.4 is 4.74 Å². The van der Waals surface area contributed by atoms with Crippen LogP contribution in [-0.2, 0) is 27.1 Å². The maximum atomic E-state index is 13.0. The van der Waals surface area contributed by atoms with E-state index in [1.165, 1.54) is 19.2 Å². The number of hydrogen-bond donors (Lipinski definition) is 0. The zero-order valence-electron chi connectivity index (χ0n) is 17.2. The molecular weight excluding hydrogens is 417 g/mol. The van der Waals surface area contributed by atoms with Crippen LogP contribution in [0, 0.1) is 5.92 Å². The zero-order chi connectivity index (χ0) is 22.2. The number of halogens is 3. The molecule has 4 rings (SSSR count). The smallest absolute Gasteiger partial charge is 0.419 e. The summed E-state index contributed by atoms with van der Waals surface area (Å²) in [4.78, 5) is 27.8. The van der Waals surface area contributed by atoms with Gasteiger partial charge in [-0.3, -0.25) is 4.79 Å². The number of alkyl halides is 3. The molecular formula is C21H25F3N2O5. The van der Waals surface area contributed by atoms with Gasteiger partial charge in [-0.2, -0.15) is 13.2 Å². The average molecular weight is 442 g/mol. The Labute approximate surface area is 178 Å². The van der Waals surface area contributed by atoms with Gasteiger partial charge in [-0.05, 0) is 24.1 Å². The van der Waals surface area contributed by atoms with Crippen molar-refractivity contribution < 1.29 is 37.0 Å². The molecule has 0 N–H and O–H groups in total. The maximum absolute atomic E-state index is 13.0. The molecule has 0 radical (unpaired) electrons. The first-order valence-corrected chi connectivity index (χ1v) is 10.3. The first kappa shape index (κ1) is 21.9. The zero-order valence-corrected chi connectivity index (χ0v) is 17.2. The summed E-state index contributed by atoms with van der Waals surface area (Å²) in [5, 5.41) is 0. The minimum atomic E-state index is -4.48. The minimum Gasteiger partial charge on any atom is -0.496 e. The molecule has 3 aliphatic rings. The van der Waals surface area contributed by atoms with Crippen molar-refractivity contribution in [2.45, 2.75) is 37.8 Å². The first-order chi connectivity index (χ1) is 14.7. The molecule has 2 atom stereocenters. The van der Waals surface area contributed by atoms with Gasteiger partial charge in [0.1, 0.15) is 12.4 Å². The van der Waals surface area contributed by atoms with Gasteiger partial charge in [0.25, 0.3) is 0 Å². The highest BCUT2D eigenvalue weighted by atomic mass is 19.4. The van der Waals surface area contributed by atoms with Crippen molar-refractivity contribution in [2.75, 3.05) is 39.9 Å². The van der Waals surface area contributed by atoms with E-state index in [0.29, 0.717) is 38.2 Å². The number of methoxy groups -OCH3 is 1. The normalized spacial score (nSPS) is 24.6. The number of urea groups is 1. The second-order valence-corrected chi connectivity index (χ2v) is 8.24. The maximum Gasteiger partial charge on any atom is 0.419 e. The highest BCUT2D eigenvalue weighted by Crippen LogP contribution is 2.36. The Morgan fingerprint density at radius 3 is 2.71 bits per heavy atom. The summed E-state index contributed by atoms with van der Waals surface area (Å²) in [6, 6.07) is 3.59. The number of amides is 2. The SMILES string of the molecule is COc1cc(COC2CN(C(=O)N3CC[C@@H]4OCC(=O)C[C@@H]4C3)C2)ccc1C(F)(F)F. The lowest BCUT2D eigenvalue weighted by Gasteiger charge is -2.45. The van der Waals surface area contributed by atoms with E-state index >= 15 is 0 Å². The number of benzene rings is 1. The van der Waals surface area contributed by atoms with Crippen molar-refractivity contribution in [3.8, 4) is 5.75 Å². The van der Waals surface area contributed by atoms with Gasteiger partial charge in [0, 0.05) is 25.4 Å². The summed E-state index contributed by atoms with van der Waals surface area (Å²) in [5.41, 5.74) is -0.258. The number of hydrogen-bond acceptors (Lipinski definition) is 5. The Kier molecular flexibility index (Phi) is 6.11. The van der Waals surface area contributed by atoms with Crippen LogP contribution >= 0.6 is 0 Å². The van der Waals surface area contributed by atoms with Crippen molar-refractivity contribution in [1.82, 2.24) is 9.80 Å². The molecule has 3 heterocycles. The monoisotopic (exact) mass is 442 g/mol. The lowest BCUT2D eigenvalue weighted by molar-refractivity contribution is -0.140. The van der Waals surface area contributed by atoms with Crippen LogP contribution in [0.4, 0.5) is 18.0 Å². The van der Waals surface area contributed by atoms with E-state index in [2.05, 4.69) is 0 Å². The number of Topliss-reactive ketones (excluding diaryl/α,β-unsaturated/α-hetero) is 1. The number of likely N-dealkylation sites (tertiary alicyclic amines) is 2. The molecule has 0 spiro atoms. The largest absolute Gasteiger partial charge is 0.496 e. The Hall–Kier alpha value is -2.33. The lowest BCUT2D eigenvalue weighted by Crippen LogP contribution is -2.61. The molecule has 3 aliphatic heterocycles. The molecule has 170 valence electrons. The Bertz CT molecular complexity index is 841. The Morgan fingerprint density at radius 1 is 1.23 bits per heavy atom. The van der Waals surface area contributed by atoms with Gasteiger partial charge in [0.15, 0.2) is 5.78 Å². The van der Waals surface area contributed by atoms with Gasteiger partial charge >= 0.3 is 12.2 Å². The molecule has 0 unspecified atom stereocenters. The third-order valence-corrected chi connectivity index (χ3v) is 6.06. The van der Waals surface area contributed by atoms with Gasteiger partial charge in [0.05, 0.1) is 44.6 Å². The fraction of sp³-hybridized carbons (Fsp3) is 0.619. The molecule has 3 fully saturated rings. The summed E-state index contributed by atoms with van der Waals surface area (Å²) < 4.78 is 55.0. The van der Waals surface area contributed by atoms with Gasteiger partial charge in [-0.25, -0.2) is 4.79 Å². The Morgan fingerprint density at radius 2 is 2.00 bits per heavy atom. The average Bonchev–Trinajstić information content (AvgIpc) is 2.70. The van der Waals surface area contributed by atoms with Crippen LogP contribution in [0.2, 0.25) is 0 Å². The number of fused-ring (bicyclic) bond motifs is 1. The predicted octanol–water partition coefficient (Wildman–Crippen LogP) is 2.71. The lowest BCUT2D eigenvalue weighted by atomic mass is 9.88. The molecule has 2 amide bonds. The number of piperidine rings is 1. The topological polar surface area (TPSA) is 68.3 Å². The van der Waals surface area contributed by atoms with E-state index < -0.39 is 11.7 Å². The fourth-order valence-corrected chi connectivity index (χ4v) is 4.32. The molecule has 1 aromatic rings. The van der Waals surface area contributed by atoms with Crippen LogP contribution in [0.1, 0.15) is 24.0 Å². The van der Waals surface area contributed by atoms with Crippen molar-refractivity contribution in [3.63, 3.8) is 0 Å². The molecule has 10 heteroatoms. The van der Waals surface area contributed by atoms with E-state index in [-0.39, 0.29) is 48.9 Å². The third-order valence-electron chi connectivity index (χ3n) is 6.06. The molecule has 3 saturated heterocycles. The minimum absolute atomic E-state index is 0.0509. The van der Waals surface area contributed by atoms with E-state index in [4.69, 9.17) is 14.2 Å². The summed E-state index contributed by atoms with van der Waals surface area (Å²) in [7, 11) is 1.20. The summed E-state index contributed by atoms with van der Waals surface area (Å²) in [6.07, 6.45) is -3.42. The number of rotatable bonds is 4. The van der Waals surface area contributed by atoms with Crippen molar-refractivity contribution in [3.05, 3.63) is 29.3 Å². The number of ketones is 1. The molecule has 1 aromatic carbocycles. The van der Waals surface area contributed by atoms with Crippen molar-refractivity contribution in [2.24, 2.45) is 5.92 Å². The van der Waals surface area contributed by atoms with Crippen LogP contribution in [-0.4, -0.2) is 73.7 Å². The van der Waals surface area contributed by atoms with Gasteiger partial charge < -0.3 is 24.0 Å². The summed E-state index contributed by atoms with van der Waals surface area (Å²) in [5.74, 6) is -0.109. The highest BCUT2D eigenvalue weighted by molar-refractivity contribution is 5.81. The molecule has 7 nitrogen and oxygen atoms in total. The van der Waals surface area contributed by atoms with Crippen LogP contribution in [0.5, 0.6) is 5.75 Å². The molecule has 0 aromatic heterocycles. The molecule has 0 bridgehead atoms. The van der Waals surface area contributed by atoms with E-state index in [1.54, 1.807) is 9.80 Å². The van der Waals surface area contributed by atoms with E-state index in [0.717, 1.165) is 12.5 Å². The predicted molar refractivity (Wildman–Crippen MR) is 103 cm³/mol. The number of carbonyl (C=O) groups excluding carboxylic acids is 2. The van der Waals surface area contributed by atoms with Crippen molar-refractivity contribution >= 4 is 11.8 Å². The molecule has 31 heavy (non-hydrogen) atoms.